The maximum absolute atomic E-state index is 11.7. The monoisotopic (exact) mass is 464 g/mol. The van der Waals surface area contributed by atoms with Gasteiger partial charge in [0.05, 0.1) is 30.7 Å². The predicted octanol–water partition coefficient (Wildman–Crippen LogP) is 4.01. The van der Waals surface area contributed by atoms with Gasteiger partial charge in [-0.25, -0.2) is 4.68 Å². The molecule has 0 saturated heterocycles. The van der Waals surface area contributed by atoms with Crippen LogP contribution in [0.15, 0.2) is 64.0 Å². The summed E-state index contributed by atoms with van der Waals surface area (Å²) in [6.07, 6.45) is 1.57. The van der Waals surface area contributed by atoms with E-state index in [0.717, 1.165) is 16.8 Å². The molecule has 0 spiro atoms. The van der Waals surface area contributed by atoms with Gasteiger partial charge >= 0.3 is 0 Å². The topological polar surface area (TPSA) is 97.4 Å². The molecule has 8 nitrogen and oxygen atoms in total. The number of thiazole rings is 1. The molecular formula is C24H24N4O4S. The lowest BCUT2D eigenvalue weighted by atomic mass is 10.1. The van der Waals surface area contributed by atoms with Crippen LogP contribution >= 0.6 is 11.3 Å². The maximum Gasteiger partial charge on any atom is 0.262 e. The van der Waals surface area contributed by atoms with Crippen molar-refractivity contribution in [3.05, 3.63) is 64.3 Å². The molecule has 1 aromatic heterocycles. The van der Waals surface area contributed by atoms with Crippen LogP contribution in [0.1, 0.15) is 19.4 Å². The van der Waals surface area contributed by atoms with Crippen molar-refractivity contribution in [1.82, 2.24) is 4.68 Å². The fourth-order valence-corrected chi connectivity index (χ4v) is 4.01. The summed E-state index contributed by atoms with van der Waals surface area (Å²) in [5.74, 6) is 1.08. The zero-order valence-corrected chi connectivity index (χ0v) is 19.2. The SMILES string of the molecule is C=C(C)CN=c1scc(-c2ccc3c(c2)NC(=O)CO3)n1/N=C/c1ccc(OCC)cc1O. The number of phenols is 1. The Morgan fingerprint density at radius 1 is 1.36 bits per heavy atom. The minimum absolute atomic E-state index is 0.00457. The summed E-state index contributed by atoms with van der Waals surface area (Å²) in [6.45, 7) is 8.70. The van der Waals surface area contributed by atoms with E-state index in [1.807, 2.05) is 37.4 Å². The van der Waals surface area contributed by atoms with Gasteiger partial charge < -0.3 is 19.9 Å². The summed E-state index contributed by atoms with van der Waals surface area (Å²) in [7, 11) is 0. The van der Waals surface area contributed by atoms with E-state index in [2.05, 4.69) is 22.0 Å². The van der Waals surface area contributed by atoms with Crippen molar-refractivity contribution in [1.29, 1.82) is 0 Å². The number of carbonyl (C=O) groups excluding carboxylic acids is 1. The van der Waals surface area contributed by atoms with Crippen LogP contribution in [0.2, 0.25) is 0 Å². The lowest BCUT2D eigenvalue weighted by molar-refractivity contribution is -0.118. The second kappa shape index (κ2) is 9.74. The van der Waals surface area contributed by atoms with E-state index < -0.39 is 0 Å². The van der Waals surface area contributed by atoms with Crippen LogP contribution in [0.25, 0.3) is 11.3 Å². The van der Waals surface area contributed by atoms with Gasteiger partial charge in [0.25, 0.3) is 5.91 Å². The largest absolute Gasteiger partial charge is 0.507 e. The second-order valence-electron chi connectivity index (χ2n) is 7.43. The Labute approximate surface area is 195 Å². The van der Waals surface area contributed by atoms with Gasteiger partial charge in [-0.2, -0.15) is 5.10 Å². The van der Waals surface area contributed by atoms with E-state index in [1.165, 1.54) is 11.3 Å². The van der Waals surface area contributed by atoms with Gasteiger partial charge in [-0.1, -0.05) is 12.2 Å². The Bertz CT molecular complexity index is 1310. The van der Waals surface area contributed by atoms with Crippen molar-refractivity contribution in [2.45, 2.75) is 13.8 Å². The molecule has 0 radical (unpaired) electrons. The van der Waals surface area contributed by atoms with E-state index in [-0.39, 0.29) is 18.3 Å². The molecule has 9 heteroatoms. The molecule has 2 N–H and O–H groups in total. The van der Waals surface area contributed by atoms with Crippen LogP contribution in [0.4, 0.5) is 5.69 Å². The third-order valence-corrected chi connectivity index (χ3v) is 5.56. The van der Waals surface area contributed by atoms with Gasteiger partial charge in [-0.15, -0.1) is 11.3 Å². The van der Waals surface area contributed by atoms with E-state index >= 15 is 0 Å². The molecule has 3 aromatic rings. The maximum atomic E-state index is 11.7. The molecule has 170 valence electrons. The highest BCUT2D eigenvalue weighted by Gasteiger charge is 2.18. The number of hydrogen-bond acceptors (Lipinski definition) is 7. The van der Waals surface area contributed by atoms with Gasteiger partial charge in [-0.3, -0.25) is 9.79 Å². The standard InChI is InChI=1S/C24H24N4O4S/c1-4-31-18-7-5-17(21(29)10-18)12-26-28-20(14-33-24(28)25-11-15(2)3)16-6-8-22-19(9-16)27-23(30)13-32-22/h5-10,12,14,29H,2,4,11,13H2,1,3H3,(H,27,30)/b25-24?,26-12+. The molecular weight excluding hydrogens is 440 g/mol. The number of nitrogens with zero attached hydrogens (tertiary/aromatic N) is 3. The summed E-state index contributed by atoms with van der Waals surface area (Å²) in [6, 6.07) is 10.6. The molecule has 2 aromatic carbocycles. The number of amides is 1. The van der Waals surface area contributed by atoms with E-state index in [0.29, 0.717) is 40.7 Å². The summed E-state index contributed by atoms with van der Waals surface area (Å²) in [5.41, 5.74) is 3.69. The highest BCUT2D eigenvalue weighted by atomic mass is 32.1. The van der Waals surface area contributed by atoms with Gasteiger partial charge in [-0.05, 0) is 44.2 Å². The third kappa shape index (κ3) is 5.15. The Morgan fingerprint density at radius 2 is 2.21 bits per heavy atom. The molecule has 1 aliphatic heterocycles. The summed E-state index contributed by atoms with van der Waals surface area (Å²) < 4.78 is 12.6. The molecule has 0 saturated carbocycles. The Balaban J connectivity index is 1.75. The minimum atomic E-state index is -0.195. The molecule has 0 bridgehead atoms. The number of rotatable bonds is 7. The van der Waals surface area contributed by atoms with Crippen LogP contribution in [0.5, 0.6) is 17.2 Å². The molecule has 33 heavy (non-hydrogen) atoms. The molecule has 4 rings (SSSR count). The predicted molar refractivity (Wildman–Crippen MR) is 129 cm³/mol. The molecule has 1 amide bonds. The van der Waals surface area contributed by atoms with Gasteiger partial charge in [0.1, 0.15) is 17.2 Å². The zero-order valence-electron chi connectivity index (χ0n) is 18.4. The fourth-order valence-electron chi connectivity index (χ4n) is 3.17. The van der Waals surface area contributed by atoms with Crippen molar-refractivity contribution in [2.75, 3.05) is 25.1 Å². The minimum Gasteiger partial charge on any atom is -0.507 e. The van der Waals surface area contributed by atoms with Crippen molar-refractivity contribution in [3.8, 4) is 28.5 Å². The Kier molecular flexibility index (Phi) is 6.60. The number of ether oxygens (including phenoxy) is 2. The summed E-state index contributed by atoms with van der Waals surface area (Å²) >= 11 is 1.44. The average Bonchev–Trinajstić information content (AvgIpc) is 3.19. The normalized spacial score (nSPS) is 13.5. The molecule has 2 heterocycles. The molecule has 0 unspecified atom stereocenters. The van der Waals surface area contributed by atoms with Crippen LogP contribution < -0.4 is 19.6 Å². The number of fused-ring (bicyclic) bond motifs is 1. The smallest absolute Gasteiger partial charge is 0.262 e. The van der Waals surface area contributed by atoms with Crippen LogP contribution in [0, 0.1) is 0 Å². The quantitative estimate of drug-likeness (QED) is 0.408. The molecule has 0 atom stereocenters. The highest BCUT2D eigenvalue weighted by molar-refractivity contribution is 7.07. The zero-order chi connectivity index (χ0) is 23.4. The van der Waals surface area contributed by atoms with Gasteiger partial charge in [0, 0.05) is 22.6 Å². The Morgan fingerprint density at radius 3 is 2.97 bits per heavy atom. The summed E-state index contributed by atoms with van der Waals surface area (Å²) in [5, 5.41) is 19.8. The van der Waals surface area contributed by atoms with Gasteiger partial charge in [0.2, 0.25) is 4.80 Å². The summed E-state index contributed by atoms with van der Waals surface area (Å²) in [4.78, 5) is 17.0. The first kappa shape index (κ1) is 22.3. The lowest BCUT2D eigenvalue weighted by Crippen LogP contribution is -2.25. The number of aromatic nitrogens is 1. The van der Waals surface area contributed by atoms with E-state index in [9.17, 15) is 9.90 Å². The number of benzene rings is 2. The molecule has 0 aliphatic carbocycles. The van der Waals surface area contributed by atoms with Crippen molar-refractivity contribution >= 4 is 29.1 Å². The molecule has 1 aliphatic rings. The van der Waals surface area contributed by atoms with E-state index in [4.69, 9.17) is 9.47 Å². The second-order valence-corrected chi connectivity index (χ2v) is 8.27. The first-order chi connectivity index (χ1) is 15.9. The van der Waals surface area contributed by atoms with Crippen molar-refractivity contribution < 1.29 is 19.4 Å². The number of phenolic OH excluding ortho intramolecular Hbond substituents is 1. The van der Waals surface area contributed by atoms with E-state index in [1.54, 1.807) is 29.1 Å². The average molecular weight is 465 g/mol. The molecule has 0 fully saturated rings. The Hall–Kier alpha value is -3.85. The first-order valence-corrected chi connectivity index (χ1v) is 11.2. The first-order valence-electron chi connectivity index (χ1n) is 10.4. The highest BCUT2D eigenvalue weighted by Crippen LogP contribution is 2.33. The van der Waals surface area contributed by atoms with Crippen molar-refractivity contribution in [2.24, 2.45) is 10.1 Å². The number of anilines is 1. The van der Waals surface area contributed by atoms with Gasteiger partial charge in [0.15, 0.2) is 6.61 Å². The number of carbonyl (C=O) groups is 1. The van der Waals surface area contributed by atoms with Crippen LogP contribution in [0.3, 0.4) is 0 Å². The fraction of sp³-hybridized carbons (Fsp3) is 0.208. The third-order valence-electron chi connectivity index (χ3n) is 4.70. The number of nitrogens with one attached hydrogen (secondary N) is 1. The number of aromatic hydroxyl groups is 1. The van der Waals surface area contributed by atoms with Crippen molar-refractivity contribution in [3.63, 3.8) is 0 Å². The van der Waals surface area contributed by atoms with Crippen LogP contribution in [-0.2, 0) is 4.79 Å². The lowest BCUT2D eigenvalue weighted by Gasteiger charge is -2.18. The number of hydrogen-bond donors (Lipinski definition) is 2. The van der Waals surface area contributed by atoms with Crippen LogP contribution in [-0.4, -0.2) is 41.7 Å².